The molecule has 0 aromatic heterocycles. The number of hydrogen-bond acceptors (Lipinski definition) is 4. The Balaban J connectivity index is 3.25. The summed E-state index contributed by atoms with van der Waals surface area (Å²) in [5.41, 5.74) is 0.221. The molecule has 0 heterocycles. The van der Waals surface area contributed by atoms with E-state index in [0.717, 1.165) is 30.9 Å². The molecule has 0 aliphatic carbocycles. The molecule has 0 saturated heterocycles. The molecule has 0 saturated carbocycles. The van der Waals surface area contributed by atoms with Crippen LogP contribution in [0.4, 0.5) is 0 Å². The summed E-state index contributed by atoms with van der Waals surface area (Å²) in [6.45, 7) is 7.51. The third-order valence-electron chi connectivity index (χ3n) is 4.99. The van der Waals surface area contributed by atoms with Crippen molar-refractivity contribution < 1.29 is 4.79 Å². The fraction of sp³-hybridized carbons (Fsp3) is 0.955. The Labute approximate surface area is 183 Å². The Hall–Kier alpha value is 0.520. The van der Waals surface area contributed by atoms with Crippen molar-refractivity contribution in [1.29, 1.82) is 0 Å². The maximum absolute atomic E-state index is 11.9. The van der Waals surface area contributed by atoms with Gasteiger partial charge in [0.15, 0.2) is 0 Å². The summed E-state index contributed by atoms with van der Waals surface area (Å²) in [7, 11) is 3.86. The van der Waals surface area contributed by atoms with Gasteiger partial charge in [-0.1, -0.05) is 100 Å². The molecule has 0 aliphatic heterocycles. The topological polar surface area (TPSA) is 29.1 Å². The molecule has 0 radical (unpaired) electrons. The molecule has 0 bridgehead atoms. The minimum atomic E-state index is 0.197. The number of carbonyl (C=O) groups excluding carboxylic acids is 1. The van der Waals surface area contributed by atoms with Crippen LogP contribution in [-0.4, -0.2) is 29.7 Å². The van der Waals surface area contributed by atoms with E-state index >= 15 is 0 Å². The Kier molecular flexibility index (Phi) is 20.2. The second-order valence-corrected chi connectivity index (χ2v) is 11.5. The van der Waals surface area contributed by atoms with Crippen LogP contribution in [0, 0.1) is 5.41 Å². The fourth-order valence-corrected chi connectivity index (χ4v) is 5.63. The van der Waals surface area contributed by atoms with Crippen LogP contribution in [0.15, 0.2) is 0 Å². The van der Waals surface area contributed by atoms with Gasteiger partial charge in [0.1, 0.15) is 0 Å². The largest absolute Gasteiger partial charge is 0.355 e. The summed E-state index contributed by atoms with van der Waals surface area (Å²) in [6.07, 6.45) is 16.7. The second kappa shape index (κ2) is 19.8. The Morgan fingerprint density at radius 3 is 2.00 bits per heavy atom. The van der Waals surface area contributed by atoms with Gasteiger partial charge in [-0.2, -0.15) is 12.6 Å². The maximum atomic E-state index is 11.9. The lowest BCUT2D eigenvalue weighted by atomic mass is 9.85. The van der Waals surface area contributed by atoms with Crippen molar-refractivity contribution in [1.82, 2.24) is 5.32 Å². The first kappa shape index (κ1) is 27.5. The lowest BCUT2D eigenvalue weighted by molar-refractivity contribution is -0.121. The molecule has 0 fully saturated rings. The molecule has 0 rings (SSSR count). The summed E-state index contributed by atoms with van der Waals surface area (Å²) < 4.78 is 0. The van der Waals surface area contributed by atoms with E-state index in [1.54, 1.807) is 0 Å². The van der Waals surface area contributed by atoms with E-state index < -0.39 is 0 Å². The van der Waals surface area contributed by atoms with Gasteiger partial charge in [0.05, 0.1) is 0 Å². The van der Waals surface area contributed by atoms with Crippen LogP contribution in [-0.2, 0) is 4.79 Å². The van der Waals surface area contributed by atoms with Gasteiger partial charge >= 0.3 is 0 Å². The zero-order valence-electron chi connectivity index (χ0n) is 18.2. The highest BCUT2D eigenvalue weighted by Crippen LogP contribution is 2.27. The SMILES string of the molecule is CCCCCCCCCCCCSSCCNC(=O)CCC(C)(C)CCS. The van der Waals surface area contributed by atoms with E-state index in [1.165, 1.54) is 70.0 Å². The number of unbranched alkanes of at least 4 members (excludes halogenated alkanes) is 9. The van der Waals surface area contributed by atoms with Gasteiger partial charge < -0.3 is 5.32 Å². The van der Waals surface area contributed by atoms with Crippen molar-refractivity contribution in [2.75, 3.05) is 23.8 Å². The minimum absolute atomic E-state index is 0.197. The van der Waals surface area contributed by atoms with Gasteiger partial charge in [0.2, 0.25) is 5.91 Å². The first-order valence-corrected chi connectivity index (χ1v) is 14.3. The van der Waals surface area contributed by atoms with Gasteiger partial charge in [-0.15, -0.1) is 0 Å². The van der Waals surface area contributed by atoms with E-state index in [9.17, 15) is 4.79 Å². The Bertz CT molecular complexity index is 338. The molecule has 0 aromatic rings. The molecule has 1 N–H and O–H groups in total. The average Bonchev–Trinajstić information content (AvgIpc) is 2.63. The van der Waals surface area contributed by atoms with Gasteiger partial charge in [0, 0.05) is 24.5 Å². The van der Waals surface area contributed by atoms with Crippen LogP contribution in [0.1, 0.15) is 104 Å². The molecular formula is C22H45NOS3. The average molecular weight is 436 g/mol. The monoisotopic (exact) mass is 435 g/mol. The first-order valence-electron chi connectivity index (χ1n) is 11.1. The molecule has 0 spiro atoms. The third kappa shape index (κ3) is 21.1. The number of hydrogen-bond donors (Lipinski definition) is 2. The highest BCUT2D eigenvalue weighted by atomic mass is 33.1. The molecule has 0 unspecified atom stereocenters. The second-order valence-electron chi connectivity index (χ2n) is 8.31. The normalized spacial score (nSPS) is 11.7. The van der Waals surface area contributed by atoms with Gasteiger partial charge in [-0.25, -0.2) is 0 Å². The Morgan fingerprint density at radius 1 is 0.852 bits per heavy atom. The van der Waals surface area contributed by atoms with Gasteiger partial charge in [-0.3, -0.25) is 4.79 Å². The van der Waals surface area contributed by atoms with Crippen molar-refractivity contribution in [3.63, 3.8) is 0 Å². The van der Waals surface area contributed by atoms with Gasteiger partial charge in [-0.05, 0) is 30.4 Å². The molecule has 0 aromatic carbocycles. The molecule has 1 amide bonds. The van der Waals surface area contributed by atoms with E-state index in [-0.39, 0.29) is 11.3 Å². The van der Waals surface area contributed by atoms with Crippen LogP contribution in [0.2, 0.25) is 0 Å². The molecular weight excluding hydrogens is 390 g/mol. The molecule has 27 heavy (non-hydrogen) atoms. The Morgan fingerprint density at radius 2 is 1.41 bits per heavy atom. The zero-order chi connectivity index (χ0) is 20.2. The standard InChI is InChI=1S/C22H45NOS3/c1-4-5-6-7-8-9-10-11-12-13-19-26-27-20-17-23-21(24)14-15-22(2,3)16-18-25/h25H,4-20H2,1-3H3,(H,23,24). The van der Waals surface area contributed by atoms with Crippen LogP contribution >= 0.6 is 34.2 Å². The number of rotatable bonds is 20. The van der Waals surface area contributed by atoms with E-state index in [1.807, 2.05) is 21.6 Å². The smallest absolute Gasteiger partial charge is 0.220 e. The van der Waals surface area contributed by atoms with Crippen LogP contribution in [0.3, 0.4) is 0 Å². The van der Waals surface area contributed by atoms with E-state index in [4.69, 9.17) is 0 Å². The van der Waals surface area contributed by atoms with Gasteiger partial charge in [0.25, 0.3) is 0 Å². The first-order chi connectivity index (χ1) is 13.0. The predicted octanol–water partition coefficient (Wildman–Crippen LogP) is 7.53. The van der Waals surface area contributed by atoms with Crippen LogP contribution in [0.5, 0.6) is 0 Å². The van der Waals surface area contributed by atoms with E-state index in [0.29, 0.717) is 6.42 Å². The third-order valence-corrected chi connectivity index (χ3v) is 7.71. The summed E-state index contributed by atoms with van der Waals surface area (Å²) in [6, 6.07) is 0. The molecule has 0 atom stereocenters. The van der Waals surface area contributed by atoms with Crippen molar-refractivity contribution in [2.45, 2.75) is 104 Å². The summed E-state index contributed by atoms with van der Waals surface area (Å²) in [4.78, 5) is 11.9. The lowest BCUT2D eigenvalue weighted by Crippen LogP contribution is -2.27. The number of amides is 1. The van der Waals surface area contributed by atoms with E-state index in [2.05, 4.69) is 38.7 Å². The minimum Gasteiger partial charge on any atom is -0.355 e. The highest BCUT2D eigenvalue weighted by Gasteiger charge is 2.18. The molecule has 5 heteroatoms. The summed E-state index contributed by atoms with van der Waals surface area (Å²) in [5.74, 6) is 3.34. The lowest BCUT2D eigenvalue weighted by Gasteiger charge is -2.23. The zero-order valence-corrected chi connectivity index (χ0v) is 20.7. The predicted molar refractivity (Wildman–Crippen MR) is 131 cm³/mol. The molecule has 162 valence electrons. The van der Waals surface area contributed by atoms with Crippen molar-refractivity contribution >= 4 is 40.1 Å². The summed E-state index contributed by atoms with van der Waals surface area (Å²) >= 11 is 4.29. The van der Waals surface area contributed by atoms with Crippen LogP contribution in [0.25, 0.3) is 0 Å². The van der Waals surface area contributed by atoms with Crippen molar-refractivity contribution in [2.24, 2.45) is 5.41 Å². The highest BCUT2D eigenvalue weighted by molar-refractivity contribution is 8.76. The quantitative estimate of drug-likeness (QED) is 0.118. The molecule has 0 aliphatic rings. The van der Waals surface area contributed by atoms with Crippen molar-refractivity contribution in [3.8, 4) is 0 Å². The maximum Gasteiger partial charge on any atom is 0.220 e. The number of thiol groups is 1. The molecule has 2 nitrogen and oxygen atoms in total. The fourth-order valence-electron chi connectivity index (χ4n) is 2.97. The number of carbonyl (C=O) groups is 1. The van der Waals surface area contributed by atoms with Crippen LogP contribution < -0.4 is 5.32 Å². The summed E-state index contributed by atoms with van der Waals surface area (Å²) in [5, 5.41) is 3.05. The number of nitrogens with one attached hydrogen (secondary N) is 1. The van der Waals surface area contributed by atoms with Crippen molar-refractivity contribution in [3.05, 3.63) is 0 Å².